The van der Waals surface area contributed by atoms with Gasteiger partial charge in [0.2, 0.25) is 0 Å². The number of methoxy groups -OCH3 is 1. The largest absolute Gasteiger partial charge is 0.464 e. The predicted molar refractivity (Wildman–Crippen MR) is 68.3 cm³/mol. The van der Waals surface area contributed by atoms with Gasteiger partial charge in [-0.3, -0.25) is 0 Å². The van der Waals surface area contributed by atoms with E-state index in [0.717, 1.165) is 12.0 Å². The Morgan fingerprint density at radius 1 is 1.22 bits per heavy atom. The maximum Gasteiger partial charge on any atom is 0.339 e. The summed E-state index contributed by atoms with van der Waals surface area (Å²) in [6.45, 7) is 3.21. The normalized spacial score (nSPS) is 12.1. The molecule has 0 saturated heterocycles. The number of esters is 1. The van der Waals surface area contributed by atoms with Gasteiger partial charge in [-0.1, -0.05) is 30.3 Å². The standard InChI is InChI=1S/C14H20O4/c1-3-17-14(15)13(18-11-7-10-16-2)12-8-5-4-6-9-12/h4-6,8-9,13H,3,7,10-11H2,1-2H3. The Hall–Kier alpha value is -1.39. The molecule has 1 aromatic rings. The number of benzene rings is 1. The molecule has 0 spiro atoms. The Balaban J connectivity index is 2.61. The predicted octanol–water partition coefficient (Wildman–Crippen LogP) is 2.34. The fourth-order valence-electron chi connectivity index (χ4n) is 1.55. The van der Waals surface area contributed by atoms with Crippen LogP contribution < -0.4 is 0 Å². The van der Waals surface area contributed by atoms with Crippen molar-refractivity contribution >= 4 is 5.97 Å². The molecule has 4 heteroatoms. The van der Waals surface area contributed by atoms with Gasteiger partial charge in [0.05, 0.1) is 13.2 Å². The highest BCUT2D eigenvalue weighted by molar-refractivity contribution is 5.76. The van der Waals surface area contributed by atoms with Crippen molar-refractivity contribution in [2.75, 3.05) is 26.9 Å². The van der Waals surface area contributed by atoms with E-state index >= 15 is 0 Å². The van der Waals surface area contributed by atoms with Crippen LogP contribution in [-0.2, 0) is 19.0 Å². The lowest BCUT2D eigenvalue weighted by Gasteiger charge is -2.16. The number of carbonyl (C=O) groups excluding carboxylic acids is 1. The number of hydrogen-bond donors (Lipinski definition) is 0. The molecule has 0 amide bonds. The van der Waals surface area contributed by atoms with Crippen molar-refractivity contribution in [2.24, 2.45) is 0 Å². The Kier molecular flexibility index (Phi) is 7.06. The number of hydrogen-bond acceptors (Lipinski definition) is 4. The quantitative estimate of drug-likeness (QED) is 0.526. The van der Waals surface area contributed by atoms with Gasteiger partial charge in [0.25, 0.3) is 0 Å². The molecule has 0 aromatic heterocycles. The van der Waals surface area contributed by atoms with Crippen molar-refractivity contribution in [1.82, 2.24) is 0 Å². The van der Waals surface area contributed by atoms with Crippen LogP contribution in [0, 0.1) is 0 Å². The summed E-state index contributed by atoms with van der Waals surface area (Å²) in [5.74, 6) is -0.346. The smallest absolute Gasteiger partial charge is 0.339 e. The summed E-state index contributed by atoms with van der Waals surface area (Å²) in [6.07, 6.45) is 0.0993. The first kappa shape index (κ1) is 14.7. The van der Waals surface area contributed by atoms with E-state index in [-0.39, 0.29) is 5.97 Å². The summed E-state index contributed by atoms with van der Waals surface area (Å²) in [5.41, 5.74) is 0.813. The molecule has 0 fully saturated rings. The van der Waals surface area contributed by atoms with Crippen molar-refractivity contribution in [1.29, 1.82) is 0 Å². The van der Waals surface area contributed by atoms with Crippen LogP contribution in [0.2, 0.25) is 0 Å². The fraction of sp³-hybridized carbons (Fsp3) is 0.500. The second kappa shape index (κ2) is 8.66. The summed E-state index contributed by atoms with van der Waals surface area (Å²) in [5, 5.41) is 0. The first-order valence-electron chi connectivity index (χ1n) is 6.11. The van der Waals surface area contributed by atoms with Gasteiger partial charge < -0.3 is 14.2 Å². The van der Waals surface area contributed by atoms with Gasteiger partial charge in [0, 0.05) is 13.7 Å². The molecule has 1 atom stereocenters. The lowest BCUT2D eigenvalue weighted by Crippen LogP contribution is -2.19. The molecule has 18 heavy (non-hydrogen) atoms. The van der Waals surface area contributed by atoms with Gasteiger partial charge in [0.15, 0.2) is 6.10 Å². The van der Waals surface area contributed by atoms with E-state index < -0.39 is 6.10 Å². The Labute approximate surface area is 108 Å². The summed E-state index contributed by atoms with van der Waals surface area (Å²) >= 11 is 0. The van der Waals surface area contributed by atoms with Crippen LogP contribution in [-0.4, -0.2) is 32.9 Å². The molecule has 0 saturated carbocycles. The maximum absolute atomic E-state index is 11.8. The molecular weight excluding hydrogens is 232 g/mol. The molecule has 0 bridgehead atoms. The van der Waals surface area contributed by atoms with Crippen LogP contribution in [0.1, 0.15) is 25.0 Å². The highest BCUT2D eigenvalue weighted by Gasteiger charge is 2.22. The molecule has 0 aliphatic heterocycles. The fourth-order valence-corrected chi connectivity index (χ4v) is 1.55. The SMILES string of the molecule is CCOC(=O)C(OCCCOC)c1ccccc1. The summed E-state index contributed by atoms with van der Waals surface area (Å²) in [4.78, 5) is 11.8. The molecule has 1 unspecified atom stereocenters. The van der Waals surface area contributed by atoms with Gasteiger partial charge >= 0.3 is 5.97 Å². The van der Waals surface area contributed by atoms with E-state index in [0.29, 0.717) is 19.8 Å². The van der Waals surface area contributed by atoms with Crippen molar-refractivity contribution in [2.45, 2.75) is 19.4 Å². The van der Waals surface area contributed by atoms with Gasteiger partial charge in [-0.25, -0.2) is 4.79 Å². The Morgan fingerprint density at radius 2 is 1.94 bits per heavy atom. The van der Waals surface area contributed by atoms with Crippen LogP contribution in [0.3, 0.4) is 0 Å². The van der Waals surface area contributed by atoms with Crippen LogP contribution in [0.4, 0.5) is 0 Å². The first-order valence-corrected chi connectivity index (χ1v) is 6.11. The summed E-state index contributed by atoms with van der Waals surface area (Å²) < 4.78 is 15.6. The van der Waals surface area contributed by atoms with Crippen LogP contribution in [0.15, 0.2) is 30.3 Å². The van der Waals surface area contributed by atoms with Crippen LogP contribution >= 0.6 is 0 Å². The third kappa shape index (κ3) is 4.85. The van der Waals surface area contributed by atoms with E-state index in [2.05, 4.69) is 0 Å². The number of ether oxygens (including phenoxy) is 3. The zero-order chi connectivity index (χ0) is 13.2. The van der Waals surface area contributed by atoms with Gasteiger partial charge in [0.1, 0.15) is 0 Å². The van der Waals surface area contributed by atoms with Crippen LogP contribution in [0.25, 0.3) is 0 Å². The second-order valence-electron chi connectivity index (χ2n) is 3.76. The Morgan fingerprint density at radius 3 is 2.56 bits per heavy atom. The average Bonchev–Trinajstić information content (AvgIpc) is 2.40. The van der Waals surface area contributed by atoms with E-state index in [1.807, 2.05) is 30.3 Å². The van der Waals surface area contributed by atoms with Gasteiger partial charge in [-0.15, -0.1) is 0 Å². The molecule has 0 heterocycles. The molecular formula is C14H20O4. The lowest BCUT2D eigenvalue weighted by atomic mass is 10.1. The van der Waals surface area contributed by atoms with E-state index in [1.165, 1.54) is 0 Å². The minimum atomic E-state index is -0.650. The monoisotopic (exact) mass is 252 g/mol. The van der Waals surface area contributed by atoms with Gasteiger partial charge in [-0.05, 0) is 18.9 Å². The zero-order valence-corrected chi connectivity index (χ0v) is 10.9. The summed E-state index contributed by atoms with van der Waals surface area (Å²) in [6, 6.07) is 9.37. The van der Waals surface area contributed by atoms with E-state index in [4.69, 9.17) is 14.2 Å². The molecule has 0 N–H and O–H groups in total. The lowest BCUT2D eigenvalue weighted by molar-refractivity contribution is -0.157. The molecule has 0 radical (unpaired) electrons. The minimum Gasteiger partial charge on any atom is -0.464 e. The van der Waals surface area contributed by atoms with Crippen molar-refractivity contribution in [3.05, 3.63) is 35.9 Å². The van der Waals surface area contributed by atoms with Gasteiger partial charge in [-0.2, -0.15) is 0 Å². The maximum atomic E-state index is 11.8. The highest BCUT2D eigenvalue weighted by atomic mass is 16.6. The third-order valence-electron chi connectivity index (χ3n) is 2.38. The van der Waals surface area contributed by atoms with Crippen LogP contribution in [0.5, 0.6) is 0 Å². The van der Waals surface area contributed by atoms with Crippen molar-refractivity contribution in [3.8, 4) is 0 Å². The van der Waals surface area contributed by atoms with Crippen molar-refractivity contribution < 1.29 is 19.0 Å². The minimum absolute atomic E-state index is 0.346. The zero-order valence-electron chi connectivity index (χ0n) is 10.9. The molecule has 0 aliphatic rings. The third-order valence-corrected chi connectivity index (χ3v) is 2.38. The summed E-state index contributed by atoms with van der Waals surface area (Å²) in [7, 11) is 1.64. The van der Waals surface area contributed by atoms with Crippen molar-refractivity contribution in [3.63, 3.8) is 0 Å². The first-order chi connectivity index (χ1) is 8.79. The molecule has 4 nitrogen and oxygen atoms in total. The molecule has 0 aliphatic carbocycles. The second-order valence-corrected chi connectivity index (χ2v) is 3.76. The number of carbonyl (C=O) groups is 1. The average molecular weight is 252 g/mol. The molecule has 100 valence electrons. The highest BCUT2D eigenvalue weighted by Crippen LogP contribution is 2.19. The topological polar surface area (TPSA) is 44.8 Å². The Bertz CT molecular complexity index is 337. The van der Waals surface area contributed by atoms with E-state index in [9.17, 15) is 4.79 Å². The molecule has 1 aromatic carbocycles. The molecule has 1 rings (SSSR count). The van der Waals surface area contributed by atoms with E-state index in [1.54, 1.807) is 14.0 Å². The number of rotatable bonds is 8.